The highest BCUT2D eigenvalue weighted by Crippen LogP contribution is 2.22. The summed E-state index contributed by atoms with van der Waals surface area (Å²) in [6.45, 7) is 7.76. The second-order valence-corrected chi connectivity index (χ2v) is 12.0. The maximum atomic E-state index is 12.6. The minimum Gasteiger partial charge on any atom is -0.463 e. The van der Waals surface area contributed by atoms with Crippen molar-refractivity contribution < 1.29 is 66.7 Å². The van der Waals surface area contributed by atoms with Crippen LogP contribution in [0.2, 0.25) is 0 Å². The lowest BCUT2D eigenvalue weighted by Gasteiger charge is -2.09. The van der Waals surface area contributed by atoms with Crippen LogP contribution in [0.25, 0.3) is 0 Å². The van der Waals surface area contributed by atoms with Gasteiger partial charge in [-0.3, -0.25) is 0 Å². The smallest absolute Gasteiger partial charge is 0.463 e. The van der Waals surface area contributed by atoms with E-state index in [0.717, 1.165) is 63.5 Å². The molecule has 0 amide bonds. The van der Waals surface area contributed by atoms with Crippen molar-refractivity contribution >= 4 is 36.2 Å². The zero-order valence-corrected chi connectivity index (χ0v) is 31.1. The lowest BCUT2D eigenvalue weighted by molar-refractivity contribution is -0.138. The molecule has 0 aliphatic rings. The van der Waals surface area contributed by atoms with Gasteiger partial charge in [0, 0.05) is 12.2 Å². The summed E-state index contributed by atoms with van der Waals surface area (Å²) >= 11 is 0. The first-order valence-corrected chi connectivity index (χ1v) is 18.2. The average Bonchev–Trinajstić information content (AvgIpc) is 3.20. The van der Waals surface area contributed by atoms with E-state index in [1.54, 1.807) is 0 Å². The van der Waals surface area contributed by atoms with Crippen molar-refractivity contribution in [2.45, 2.75) is 64.2 Å². The van der Waals surface area contributed by atoms with E-state index >= 15 is 0 Å². The second kappa shape index (κ2) is 25.6. The molecule has 0 saturated carbocycles. The average molecular weight is 775 g/mol. The summed E-state index contributed by atoms with van der Waals surface area (Å²) in [5.74, 6) is -1.41. The van der Waals surface area contributed by atoms with Crippen LogP contribution in [0, 0.1) is 0 Å². The summed E-state index contributed by atoms with van der Waals surface area (Å²) in [5.41, 5.74) is 0.408. The molecule has 0 heterocycles. The highest BCUT2D eigenvalue weighted by Gasteiger charge is 2.14. The van der Waals surface area contributed by atoms with Gasteiger partial charge in [-0.2, -0.15) is 0 Å². The first-order valence-electron chi connectivity index (χ1n) is 18.2. The van der Waals surface area contributed by atoms with Gasteiger partial charge >= 0.3 is 36.2 Å². The van der Waals surface area contributed by atoms with Crippen LogP contribution in [0.5, 0.6) is 23.0 Å². The normalized spacial score (nSPS) is 10.3. The van der Waals surface area contributed by atoms with Crippen LogP contribution in [0.15, 0.2) is 98.1 Å². The molecular formula is C42H46O14. The summed E-state index contributed by atoms with van der Waals surface area (Å²) in [6.07, 6.45) is 8.59. The largest absolute Gasteiger partial charge is 0.513 e. The minimum atomic E-state index is -0.861. The molecule has 14 heteroatoms. The van der Waals surface area contributed by atoms with Crippen molar-refractivity contribution in [3.63, 3.8) is 0 Å². The molecule has 0 unspecified atom stereocenters. The number of ether oxygens (including phenoxy) is 8. The fourth-order valence-corrected chi connectivity index (χ4v) is 4.72. The van der Waals surface area contributed by atoms with Crippen molar-refractivity contribution in [3.05, 3.63) is 109 Å². The standard InChI is InChI=1S/C42H46O14/c1-3-37(43)49-27-11-7-5-9-13-29-51-41(47)55-35-19-15-31(16-20-35)39(45)53-33-23-25-34(26-24-33)54-40(46)32-17-21-36(22-18-32)56-42(48)52-30-14-10-6-8-12-28-50-38(44)4-2/h3-4,15-26H,1-2,5-14,27-30H2. The molecule has 3 aromatic carbocycles. The van der Waals surface area contributed by atoms with E-state index in [2.05, 4.69) is 13.2 Å². The lowest BCUT2D eigenvalue weighted by Crippen LogP contribution is -2.12. The summed E-state index contributed by atoms with van der Waals surface area (Å²) < 4.78 is 41.1. The van der Waals surface area contributed by atoms with Crippen LogP contribution in [0.1, 0.15) is 84.9 Å². The van der Waals surface area contributed by atoms with E-state index in [1.807, 2.05) is 0 Å². The molecule has 0 fully saturated rings. The number of benzene rings is 3. The molecule has 56 heavy (non-hydrogen) atoms. The number of unbranched alkanes of at least 4 members (excludes halogenated alkanes) is 8. The topological polar surface area (TPSA) is 176 Å². The molecule has 3 rings (SSSR count). The molecule has 0 saturated heterocycles. The molecule has 0 spiro atoms. The second-order valence-electron chi connectivity index (χ2n) is 12.0. The Bertz CT molecular complexity index is 1600. The van der Waals surface area contributed by atoms with E-state index in [0.29, 0.717) is 26.1 Å². The fraction of sp³-hybridized carbons (Fsp3) is 0.333. The van der Waals surface area contributed by atoms with Gasteiger partial charge in [-0.1, -0.05) is 51.7 Å². The lowest BCUT2D eigenvalue weighted by atomic mass is 10.1. The molecule has 3 aromatic rings. The van der Waals surface area contributed by atoms with Gasteiger partial charge in [0.05, 0.1) is 37.6 Å². The quantitative estimate of drug-likeness (QED) is 0.0211. The Kier molecular flexibility index (Phi) is 20.1. The van der Waals surface area contributed by atoms with Crippen LogP contribution in [-0.4, -0.2) is 62.6 Å². The summed E-state index contributed by atoms with van der Waals surface area (Å²) in [4.78, 5) is 71.2. The number of hydrogen-bond acceptors (Lipinski definition) is 14. The van der Waals surface area contributed by atoms with Crippen molar-refractivity contribution in [2.24, 2.45) is 0 Å². The van der Waals surface area contributed by atoms with Crippen molar-refractivity contribution in [3.8, 4) is 23.0 Å². The van der Waals surface area contributed by atoms with Crippen LogP contribution in [-0.2, 0) is 28.5 Å². The van der Waals surface area contributed by atoms with Gasteiger partial charge in [-0.15, -0.1) is 0 Å². The van der Waals surface area contributed by atoms with Gasteiger partial charge < -0.3 is 37.9 Å². The number of hydrogen-bond donors (Lipinski definition) is 0. The Hall–Kier alpha value is -6.44. The zero-order valence-electron chi connectivity index (χ0n) is 31.1. The molecule has 0 atom stereocenters. The first kappa shape index (κ1) is 44.0. The van der Waals surface area contributed by atoms with E-state index in [1.165, 1.54) is 72.8 Å². The number of carbonyl (C=O) groups excluding carboxylic acids is 6. The Morgan fingerprint density at radius 3 is 0.964 bits per heavy atom. The van der Waals surface area contributed by atoms with Crippen LogP contribution >= 0.6 is 0 Å². The predicted molar refractivity (Wildman–Crippen MR) is 202 cm³/mol. The summed E-state index contributed by atoms with van der Waals surface area (Å²) in [6, 6.07) is 17.3. The maximum absolute atomic E-state index is 12.6. The molecule has 298 valence electrons. The third kappa shape index (κ3) is 18.1. The van der Waals surface area contributed by atoms with Gasteiger partial charge in [0.1, 0.15) is 23.0 Å². The Balaban J connectivity index is 1.29. The Labute approximate surface area is 325 Å². The highest BCUT2D eigenvalue weighted by atomic mass is 16.7. The number of rotatable bonds is 24. The highest BCUT2D eigenvalue weighted by molar-refractivity contribution is 5.92. The van der Waals surface area contributed by atoms with Crippen molar-refractivity contribution in [1.29, 1.82) is 0 Å². The predicted octanol–water partition coefficient (Wildman–Crippen LogP) is 8.52. The van der Waals surface area contributed by atoms with Gasteiger partial charge in [-0.25, -0.2) is 28.8 Å². The fourth-order valence-electron chi connectivity index (χ4n) is 4.72. The number of carbonyl (C=O) groups is 6. The molecule has 0 aliphatic heterocycles. The van der Waals surface area contributed by atoms with Crippen LogP contribution < -0.4 is 18.9 Å². The van der Waals surface area contributed by atoms with E-state index in [9.17, 15) is 28.8 Å². The van der Waals surface area contributed by atoms with E-state index in [4.69, 9.17) is 37.9 Å². The third-order valence-electron chi connectivity index (χ3n) is 7.67. The molecule has 14 nitrogen and oxygen atoms in total. The SMILES string of the molecule is C=CC(=O)OCCCCCCCOC(=O)Oc1ccc(C(=O)Oc2ccc(OC(=O)c3ccc(OC(=O)OCCCCCCCOC(=O)C=C)cc3)cc2)cc1. The van der Waals surface area contributed by atoms with Gasteiger partial charge in [0.2, 0.25) is 0 Å². The molecule has 0 aliphatic carbocycles. The molecule has 0 bridgehead atoms. The summed E-state index contributed by atoms with van der Waals surface area (Å²) in [5, 5.41) is 0. The third-order valence-corrected chi connectivity index (χ3v) is 7.67. The van der Waals surface area contributed by atoms with E-state index < -0.39 is 36.2 Å². The van der Waals surface area contributed by atoms with Gasteiger partial charge in [-0.05, 0) is 98.5 Å². The Morgan fingerprint density at radius 1 is 0.375 bits per heavy atom. The van der Waals surface area contributed by atoms with Gasteiger partial charge in [0.15, 0.2) is 0 Å². The molecular weight excluding hydrogens is 728 g/mol. The van der Waals surface area contributed by atoms with Crippen molar-refractivity contribution in [2.75, 3.05) is 26.4 Å². The van der Waals surface area contributed by atoms with E-state index in [-0.39, 0.29) is 47.3 Å². The first-order chi connectivity index (χ1) is 27.2. The zero-order chi connectivity index (χ0) is 40.4. The van der Waals surface area contributed by atoms with Crippen LogP contribution in [0.4, 0.5) is 9.59 Å². The molecule has 0 N–H and O–H groups in total. The van der Waals surface area contributed by atoms with Crippen LogP contribution in [0.3, 0.4) is 0 Å². The summed E-state index contributed by atoms with van der Waals surface area (Å²) in [7, 11) is 0. The number of esters is 4. The Morgan fingerprint density at radius 2 is 0.643 bits per heavy atom. The molecule has 0 radical (unpaired) electrons. The van der Waals surface area contributed by atoms with Crippen molar-refractivity contribution in [1.82, 2.24) is 0 Å². The monoisotopic (exact) mass is 774 g/mol. The maximum Gasteiger partial charge on any atom is 0.513 e. The van der Waals surface area contributed by atoms with Gasteiger partial charge in [0.25, 0.3) is 0 Å². The minimum absolute atomic E-state index is 0.189. The molecule has 0 aromatic heterocycles.